The lowest BCUT2D eigenvalue weighted by Gasteiger charge is -2.06. The standard InChI is InChI=1S/C14H14ClN3OS/c15-11-7-5-10(6-8-11)13-17-18-14(20-13)16-12(19)9-3-1-2-4-9/h5-9H,1-4H2,(H,16,18,19). The SMILES string of the molecule is O=C(Nc1nnc(-c2ccc(Cl)cc2)s1)C1CCCC1. The first-order valence-electron chi connectivity index (χ1n) is 6.63. The summed E-state index contributed by atoms with van der Waals surface area (Å²) >= 11 is 7.24. The van der Waals surface area contributed by atoms with Crippen molar-refractivity contribution in [3.63, 3.8) is 0 Å². The van der Waals surface area contributed by atoms with Crippen LogP contribution in [-0.2, 0) is 4.79 Å². The largest absolute Gasteiger partial charge is 0.300 e. The highest BCUT2D eigenvalue weighted by Gasteiger charge is 2.23. The van der Waals surface area contributed by atoms with Crippen molar-refractivity contribution in [2.24, 2.45) is 5.92 Å². The van der Waals surface area contributed by atoms with E-state index in [1.54, 1.807) is 0 Å². The zero-order valence-electron chi connectivity index (χ0n) is 10.8. The molecule has 1 aromatic heterocycles. The molecule has 0 saturated heterocycles. The van der Waals surface area contributed by atoms with Crippen LogP contribution in [0.3, 0.4) is 0 Å². The van der Waals surface area contributed by atoms with E-state index in [-0.39, 0.29) is 11.8 Å². The Hall–Kier alpha value is -1.46. The summed E-state index contributed by atoms with van der Waals surface area (Å²) in [7, 11) is 0. The van der Waals surface area contributed by atoms with Gasteiger partial charge in [0.05, 0.1) is 0 Å². The summed E-state index contributed by atoms with van der Waals surface area (Å²) < 4.78 is 0. The zero-order chi connectivity index (χ0) is 13.9. The van der Waals surface area contributed by atoms with E-state index in [4.69, 9.17) is 11.6 Å². The molecule has 1 fully saturated rings. The summed E-state index contributed by atoms with van der Waals surface area (Å²) in [6.07, 6.45) is 4.25. The number of amides is 1. The number of hydrogen-bond acceptors (Lipinski definition) is 4. The second-order valence-electron chi connectivity index (χ2n) is 4.89. The monoisotopic (exact) mass is 307 g/mol. The minimum atomic E-state index is 0.0707. The number of carbonyl (C=O) groups excluding carboxylic acids is 1. The molecule has 0 spiro atoms. The Bertz CT molecular complexity index is 605. The Labute approximate surface area is 126 Å². The molecule has 1 aliphatic carbocycles. The van der Waals surface area contributed by atoms with Crippen LogP contribution in [0.5, 0.6) is 0 Å². The van der Waals surface area contributed by atoms with Crippen molar-refractivity contribution in [2.45, 2.75) is 25.7 Å². The van der Waals surface area contributed by atoms with Gasteiger partial charge in [0.2, 0.25) is 11.0 Å². The number of anilines is 1. The van der Waals surface area contributed by atoms with Crippen molar-refractivity contribution < 1.29 is 4.79 Å². The minimum absolute atomic E-state index is 0.0707. The van der Waals surface area contributed by atoms with Gasteiger partial charge >= 0.3 is 0 Å². The van der Waals surface area contributed by atoms with E-state index in [9.17, 15) is 4.79 Å². The fourth-order valence-electron chi connectivity index (χ4n) is 2.38. The number of nitrogens with zero attached hydrogens (tertiary/aromatic N) is 2. The number of rotatable bonds is 3. The highest BCUT2D eigenvalue weighted by atomic mass is 35.5. The van der Waals surface area contributed by atoms with Gasteiger partial charge in [-0.3, -0.25) is 4.79 Å². The van der Waals surface area contributed by atoms with Crippen molar-refractivity contribution in [2.75, 3.05) is 5.32 Å². The molecule has 1 amide bonds. The van der Waals surface area contributed by atoms with Gasteiger partial charge in [-0.1, -0.05) is 47.9 Å². The molecule has 0 atom stereocenters. The molecule has 4 nitrogen and oxygen atoms in total. The molecular formula is C14H14ClN3OS. The first kappa shape index (κ1) is 13.5. The molecule has 3 rings (SSSR count). The van der Waals surface area contributed by atoms with E-state index >= 15 is 0 Å². The van der Waals surface area contributed by atoms with E-state index < -0.39 is 0 Å². The number of nitrogens with one attached hydrogen (secondary N) is 1. The topological polar surface area (TPSA) is 54.9 Å². The Kier molecular flexibility index (Phi) is 3.98. The highest BCUT2D eigenvalue weighted by molar-refractivity contribution is 7.18. The highest BCUT2D eigenvalue weighted by Crippen LogP contribution is 2.29. The number of carbonyl (C=O) groups is 1. The van der Waals surface area contributed by atoms with Crippen LogP contribution < -0.4 is 5.32 Å². The van der Waals surface area contributed by atoms with Gasteiger partial charge in [0.25, 0.3) is 0 Å². The predicted octanol–water partition coefficient (Wildman–Crippen LogP) is 3.99. The predicted molar refractivity (Wildman–Crippen MR) is 80.9 cm³/mol. The number of benzene rings is 1. The van der Waals surface area contributed by atoms with Gasteiger partial charge in [-0.15, -0.1) is 10.2 Å². The van der Waals surface area contributed by atoms with Gasteiger partial charge < -0.3 is 5.32 Å². The van der Waals surface area contributed by atoms with Gasteiger partial charge in [0.1, 0.15) is 5.01 Å². The maximum absolute atomic E-state index is 12.0. The molecule has 20 heavy (non-hydrogen) atoms. The van der Waals surface area contributed by atoms with E-state index in [2.05, 4.69) is 15.5 Å². The molecule has 1 aromatic carbocycles. The van der Waals surface area contributed by atoms with Crippen molar-refractivity contribution >= 4 is 34.0 Å². The van der Waals surface area contributed by atoms with E-state index in [0.29, 0.717) is 10.2 Å². The first-order valence-corrected chi connectivity index (χ1v) is 7.82. The summed E-state index contributed by atoms with van der Waals surface area (Å²) in [5.41, 5.74) is 0.952. The molecule has 0 bridgehead atoms. The summed E-state index contributed by atoms with van der Waals surface area (Å²) in [4.78, 5) is 12.0. The Balaban J connectivity index is 1.70. The zero-order valence-corrected chi connectivity index (χ0v) is 12.4. The molecule has 0 radical (unpaired) electrons. The molecule has 1 N–H and O–H groups in total. The van der Waals surface area contributed by atoms with Crippen molar-refractivity contribution in [3.8, 4) is 10.6 Å². The molecule has 2 aromatic rings. The summed E-state index contributed by atoms with van der Waals surface area (Å²) in [6.45, 7) is 0. The Morgan fingerprint density at radius 3 is 2.60 bits per heavy atom. The molecule has 1 saturated carbocycles. The minimum Gasteiger partial charge on any atom is -0.300 e. The smallest absolute Gasteiger partial charge is 0.229 e. The normalized spacial score (nSPS) is 15.4. The maximum Gasteiger partial charge on any atom is 0.229 e. The molecule has 104 valence electrons. The van der Waals surface area contributed by atoms with Crippen LogP contribution in [0.25, 0.3) is 10.6 Å². The van der Waals surface area contributed by atoms with Crippen molar-refractivity contribution in [1.29, 1.82) is 0 Å². The summed E-state index contributed by atoms with van der Waals surface area (Å²) in [5, 5.41) is 13.0. The molecule has 0 unspecified atom stereocenters. The third-order valence-corrected chi connectivity index (χ3v) is 4.61. The van der Waals surface area contributed by atoms with E-state index in [1.807, 2.05) is 24.3 Å². The lowest BCUT2D eigenvalue weighted by Crippen LogP contribution is -2.20. The van der Waals surface area contributed by atoms with Crippen LogP contribution >= 0.6 is 22.9 Å². The second-order valence-corrected chi connectivity index (χ2v) is 6.30. The van der Waals surface area contributed by atoms with Crippen LogP contribution in [0, 0.1) is 5.92 Å². The van der Waals surface area contributed by atoms with Crippen LogP contribution in [0.1, 0.15) is 25.7 Å². The fraction of sp³-hybridized carbons (Fsp3) is 0.357. The van der Waals surface area contributed by atoms with Gasteiger partial charge in [-0.25, -0.2) is 0 Å². The number of hydrogen-bond donors (Lipinski definition) is 1. The average Bonchev–Trinajstić information content (AvgIpc) is 3.10. The van der Waals surface area contributed by atoms with Crippen LogP contribution in [0.15, 0.2) is 24.3 Å². The molecule has 0 aliphatic heterocycles. The fourth-order valence-corrected chi connectivity index (χ4v) is 3.26. The Morgan fingerprint density at radius 1 is 1.20 bits per heavy atom. The number of halogens is 1. The van der Waals surface area contributed by atoms with E-state index in [0.717, 1.165) is 36.3 Å². The van der Waals surface area contributed by atoms with Crippen molar-refractivity contribution in [1.82, 2.24) is 10.2 Å². The molecule has 1 heterocycles. The van der Waals surface area contributed by atoms with Gasteiger partial charge in [0, 0.05) is 16.5 Å². The lowest BCUT2D eigenvalue weighted by molar-refractivity contribution is -0.119. The Morgan fingerprint density at radius 2 is 1.90 bits per heavy atom. The average molecular weight is 308 g/mol. The molecule has 6 heteroatoms. The lowest BCUT2D eigenvalue weighted by atomic mass is 10.1. The maximum atomic E-state index is 12.0. The van der Waals surface area contributed by atoms with Gasteiger partial charge in [-0.05, 0) is 25.0 Å². The van der Waals surface area contributed by atoms with Crippen molar-refractivity contribution in [3.05, 3.63) is 29.3 Å². The number of aromatic nitrogens is 2. The quantitative estimate of drug-likeness (QED) is 0.933. The van der Waals surface area contributed by atoms with E-state index in [1.165, 1.54) is 11.3 Å². The second kappa shape index (κ2) is 5.89. The molecular weight excluding hydrogens is 294 g/mol. The van der Waals surface area contributed by atoms with Gasteiger partial charge in [-0.2, -0.15) is 0 Å². The molecule has 1 aliphatic rings. The summed E-state index contributed by atoms with van der Waals surface area (Å²) in [6, 6.07) is 7.42. The van der Waals surface area contributed by atoms with Crippen LogP contribution in [-0.4, -0.2) is 16.1 Å². The first-order chi connectivity index (χ1) is 9.72. The van der Waals surface area contributed by atoms with Gasteiger partial charge in [0.15, 0.2) is 0 Å². The summed E-state index contributed by atoms with van der Waals surface area (Å²) in [5.74, 6) is 0.208. The third kappa shape index (κ3) is 2.99. The van der Waals surface area contributed by atoms with Crippen LogP contribution in [0.2, 0.25) is 5.02 Å². The third-order valence-electron chi connectivity index (χ3n) is 3.47. The van der Waals surface area contributed by atoms with Crippen LogP contribution in [0.4, 0.5) is 5.13 Å².